The van der Waals surface area contributed by atoms with Gasteiger partial charge in [-0.2, -0.15) is 0 Å². The van der Waals surface area contributed by atoms with Crippen molar-refractivity contribution in [3.05, 3.63) is 23.7 Å². The average molecular weight is 248 g/mol. The van der Waals surface area contributed by atoms with Crippen LogP contribution in [0.2, 0.25) is 0 Å². The fourth-order valence-corrected chi connectivity index (χ4v) is 3.54. The highest BCUT2D eigenvalue weighted by Gasteiger charge is 2.34. The normalized spacial score (nSPS) is 31.5. The van der Waals surface area contributed by atoms with Crippen LogP contribution < -0.4 is 10.6 Å². The molecular weight excluding hydrogens is 224 g/mol. The molecular formula is C15H24N2O. The Kier molecular flexibility index (Phi) is 3.71. The molecule has 1 aliphatic carbocycles. The Hall–Kier alpha value is -0.800. The maximum absolute atomic E-state index is 5.56. The van der Waals surface area contributed by atoms with E-state index in [1.807, 2.05) is 13.0 Å². The first-order valence-corrected chi connectivity index (χ1v) is 7.33. The van der Waals surface area contributed by atoms with Gasteiger partial charge in [-0.3, -0.25) is 0 Å². The lowest BCUT2D eigenvalue weighted by Crippen LogP contribution is -2.38. The highest BCUT2D eigenvalue weighted by atomic mass is 16.3. The van der Waals surface area contributed by atoms with E-state index in [2.05, 4.69) is 16.7 Å². The van der Waals surface area contributed by atoms with Crippen LogP contribution in [0.3, 0.4) is 0 Å². The van der Waals surface area contributed by atoms with Gasteiger partial charge in [-0.05, 0) is 44.2 Å². The monoisotopic (exact) mass is 248 g/mol. The quantitative estimate of drug-likeness (QED) is 0.860. The number of rotatable bonds is 4. The molecule has 1 saturated heterocycles. The zero-order chi connectivity index (χ0) is 12.4. The van der Waals surface area contributed by atoms with E-state index in [1.165, 1.54) is 32.1 Å². The third-order valence-electron chi connectivity index (χ3n) is 4.43. The third-order valence-corrected chi connectivity index (χ3v) is 4.43. The molecule has 0 amide bonds. The second-order valence-electron chi connectivity index (χ2n) is 5.89. The van der Waals surface area contributed by atoms with Gasteiger partial charge in [0.15, 0.2) is 0 Å². The van der Waals surface area contributed by atoms with E-state index >= 15 is 0 Å². The smallest absolute Gasteiger partial charge is 0.117 e. The molecule has 0 bridgehead atoms. The van der Waals surface area contributed by atoms with Gasteiger partial charge in [0.1, 0.15) is 11.5 Å². The Morgan fingerprint density at radius 1 is 1.33 bits per heavy atom. The maximum atomic E-state index is 5.56. The van der Waals surface area contributed by atoms with Crippen molar-refractivity contribution in [2.45, 2.75) is 57.7 Å². The van der Waals surface area contributed by atoms with Gasteiger partial charge in [-0.1, -0.05) is 12.8 Å². The van der Waals surface area contributed by atoms with Crippen molar-refractivity contribution in [3.8, 4) is 0 Å². The summed E-state index contributed by atoms with van der Waals surface area (Å²) in [6.07, 6.45) is 7.04. The van der Waals surface area contributed by atoms with Crippen LogP contribution in [0.1, 0.15) is 43.6 Å². The van der Waals surface area contributed by atoms with Crippen molar-refractivity contribution in [3.63, 3.8) is 0 Å². The van der Waals surface area contributed by atoms with Gasteiger partial charge in [0.25, 0.3) is 0 Å². The molecule has 0 spiro atoms. The van der Waals surface area contributed by atoms with Crippen LogP contribution in [0.5, 0.6) is 0 Å². The molecule has 3 nitrogen and oxygen atoms in total. The number of hydrogen-bond acceptors (Lipinski definition) is 3. The van der Waals surface area contributed by atoms with Gasteiger partial charge in [-0.15, -0.1) is 0 Å². The molecule has 0 radical (unpaired) electrons. The molecule has 3 heteroatoms. The van der Waals surface area contributed by atoms with Gasteiger partial charge in [0.2, 0.25) is 0 Å². The predicted molar refractivity (Wildman–Crippen MR) is 72.4 cm³/mol. The van der Waals surface area contributed by atoms with Gasteiger partial charge in [0.05, 0.1) is 6.54 Å². The standard InChI is InChI=1S/C15H24N2O/c1-11-6-7-14(18-11)10-16-9-13-8-12-4-2-3-5-15(12)17-13/h6-7,12-13,15-17H,2-5,8-10H2,1H3. The van der Waals surface area contributed by atoms with Crippen molar-refractivity contribution < 1.29 is 4.42 Å². The van der Waals surface area contributed by atoms with Crippen LogP contribution in [-0.2, 0) is 6.54 Å². The predicted octanol–water partition coefficient (Wildman–Crippen LogP) is 2.60. The van der Waals surface area contributed by atoms with Crippen LogP contribution in [0.25, 0.3) is 0 Å². The Labute approximate surface area is 109 Å². The number of aryl methyl sites for hydroxylation is 1. The molecule has 1 aliphatic heterocycles. The molecule has 1 aromatic rings. The molecule has 2 aliphatic rings. The molecule has 100 valence electrons. The summed E-state index contributed by atoms with van der Waals surface area (Å²) in [5.74, 6) is 2.98. The van der Waals surface area contributed by atoms with Crippen LogP contribution in [-0.4, -0.2) is 18.6 Å². The van der Waals surface area contributed by atoms with E-state index in [-0.39, 0.29) is 0 Å². The lowest BCUT2D eigenvalue weighted by atomic mass is 9.85. The largest absolute Gasteiger partial charge is 0.465 e. The lowest BCUT2D eigenvalue weighted by molar-refractivity contribution is 0.325. The summed E-state index contributed by atoms with van der Waals surface area (Å²) in [6.45, 7) is 3.90. The first-order valence-electron chi connectivity index (χ1n) is 7.33. The van der Waals surface area contributed by atoms with E-state index in [0.717, 1.165) is 36.6 Å². The Morgan fingerprint density at radius 3 is 3.00 bits per heavy atom. The minimum absolute atomic E-state index is 0.661. The number of nitrogens with one attached hydrogen (secondary N) is 2. The van der Waals surface area contributed by atoms with Crippen molar-refractivity contribution in [1.29, 1.82) is 0 Å². The van der Waals surface area contributed by atoms with Gasteiger partial charge < -0.3 is 15.1 Å². The molecule has 3 rings (SSSR count). The Morgan fingerprint density at radius 2 is 2.22 bits per heavy atom. The Balaban J connectivity index is 1.41. The fraction of sp³-hybridized carbons (Fsp3) is 0.733. The number of fused-ring (bicyclic) bond motifs is 1. The van der Waals surface area contributed by atoms with Crippen molar-refractivity contribution >= 4 is 0 Å². The molecule has 2 fully saturated rings. The molecule has 3 atom stereocenters. The minimum Gasteiger partial charge on any atom is -0.465 e. The first kappa shape index (κ1) is 12.2. The average Bonchev–Trinajstić information content (AvgIpc) is 2.95. The number of furan rings is 1. The minimum atomic E-state index is 0.661. The van der Waals surface area contributed by atoms with Crippen molar-refractivity contribution in [2.24, 2.45) is 5.92 Å². The topological polar surface area (TPSA) is 37.2 Å². The van der Waals surface area contributed by atoms with E-state index in [9.17, 15) is 0 Å². The van der Waals surface area contributed by atoms with Gasteiger partial charge in [0, 0.05) is 18.6 Å². The highest BCUT2D eigenvalue weighted by Crippen LogP contribution is 2.32. The third kappa shape index (κ3) is 2.78. The number of hydrogen-bond donors (Lipinski definition) is 2. The van der Waals surface area contributed by atoms with E-state index in [4.69, 9.17) is 4.42 Å². The second kappa shape index (κ2) is 5.45. The molecule has 18 heavy (non-hydrogen) atoms. The van der Waals surface area contributed by atoms with Crippen molar-refractivity contribution in [1.82, 2.24) is 10.6 Å². The summed E-state index contributed by atoms with van der Waals surface area (Å²) >= 11 is 0. The summed E-state index contributed by atoms with van der Waals surface area (Å²) in [6, 6.07) is 5.55. The first-order chi connectivity index (χ1) is 8.81. The van der Waals surface area contributed by atoms with Crippen LogP contribution in [0.4, 0.5) is 0 Å². The highest BCUT2D eigenvalue weighted by molar-refractivity contribution is 5.05. The fourth-order valence-electron chi connectivity index (χ4n) is 3.54. The molecule has 1 saturated carbocycles. The Bertz CT molecular complexity index is 374. The van der Waals surface area contributed by atoms with E-state index < -0.39 is 0 Å². The van der Waals surface area contributed by atoms with Crippen LogP contribution in [0.15, 0.2) is 16.5 Å². The summed E-state index contributed by atoms with van der Waals surface area (Å²) in [5.41, 5.74) is 0. The lowest BCUT2D eigenvalue weighted by Gasteiger charge is -2.24. The SMILES string of the molecule is Cc1ccc(CNCC2CC3CCCCC3N2)o1. The van der Waals surface area contributed by atoms with Crippen molar-refractivity contribution in [2.75, 3.05) is 6.54 Å². The second-order valence-corrected chi connectivity index (χ2v) is 5.89. The molecule has 0 aromatic carbocycles. The van der Waals surface area contributed by atoms with Gasteiger partial charge in [-0.25, -0.2) is 0 Å². The van der Waals surface area contributed by atoms with Crippen LogP contribution in [0, 0.1) is 12.8 Å². The zero-order valence-electron chi connectivity index (χ0n) is 11.2. The maximum Gasteiger partial charge on any atom is 0.117 e. The molecule has 2 N–H and O–H groups in total. The van der Waals surface area contributed by atoms with E-state index in [1.54, 1.807) is 0 Å². The summed E-state index contributed by atoms with van der Waals surface area (Å²) in [5, 5.41) is 7.30. The zero-order valence-corrected chi connectivity index (χ0v) is 11.2. The van der Waals surface area contributed by atoms with Crippen LogP contribution >= 0.6 is 0 Å². The summed E-state index contributed by atoms with van der Waals surface area (Å²) in [7, 11) is 0. The summed E-state index contributed by atoms with van der Waals surface area (Å²) in [4.78, 5) is 0. The molecule has 1 aromatic heterocycles. The van der Waals surface area contributed by atoms with E-state index in [0.29, 0.717) is 6.04 Å². The summed E-state index contributed by atoms with van der Waals surface area (Å²) < 4.78 is 5.56. The molecule has 3 unspecified atom stereocenters. The van der Waals surface area contributed by atoms with Gasteiger partial charge >= 0.3 is 0 Å². The molecule has 2 heterocycles.